The molecule has 0 aliphatic rings. The van der Waals surface area contributed by atoms with Gasteiger partial charge in [-0.25, -0.2) is 0 Å². The van der Waals surface area contributed by atoms with Crippen LogP contribution in [-0.2, 0) is 4.79 Å². The number of ether oxygens (including phenoxy) is 1. The van der Waals surface area contributed by atoms with Crippen LogP contribution in [0, 0.1) is 20.8 Å². The van der Waals surface area contributed by atoms with E-state index in [9.17, 15) is 4.79 Å². The van der Waals surface area contributed by atoms with Crippen molar-refractivity contribution in [2.24, 2.45) is 0 Å². The average Bonchev–Trinajstić information content (AvgIpc) is 2.49. The highest BCUT2D eigenvalue weighted by molar-refractivity contribution is 6.02. The minimum atomic E-state index is -0.172. The summed E-state index contributed by atoms with van der Waals surface area (Å²) >= 11 is 0. The van der Waals surface area contributed by atoms with Gasteiger partial charge < -0.3 is 15.8 Å². The van der Waals surface area contributed by atoms with Gasteiger partial charge in [-0.2, -0.15) is 0 Å². The third-order valence-corrected chi connectivity index (χ3v) is 3.61. The van der Waals surface area contributed by atoms with Gasteiger partial charge in [0.15, 0.2) is 0 Å². The third-order valence-electron chi connectivity index (χ3n) is 3.61. The van der Waals surface area contributed by atoms with Gasteiger partial charge >= 0.3 is 0 Å². The van der Waals surface area contributed by atoms with E-state index >= 15 is 0 Å². The van der Waals surface area contributed by atoms with E-state index in [1.165, 1.54) is 11.6 Å². The standard InChI is InChI=1S/C19H22N2O2/c1-12-9-13(2)19(14(3)10-12)21-18(22)8-6-15-5-7-17(23-4)16(20)11-15/h5-11H,20H2,1-4H3,(H,21,22)/b8-6+. The van der Waals surface area contributed by atoms with Crippen molar-refractivity contribution in [3.63, 3.8) is 0 Å². The van der Waals surface area contributed by atoms with Gasteiger partial charge in [0.05, 0.1) is 12.8 Å². The van der Waals surface area contributed by atoms with Crippen molar-refractivity contribution in [3.8, 4) is 5.75 Å². The lowest BCUT2D eigenvalue weighted by Crippen LogP contribution is -2.10. The Labute approximate surface area is 137 Å². The molecule has 0 spiro atoms. The van der Waals surface area contributed by atoms with Crippen molar-refractivity contribution in [2.45, 2.75) is 20.8 Å². The molecule has 0 saturated heterocycles. The Kier molecular flexibility index (Phi) is 5.06. The van der Waals surface area contributed by atoms with E-state index in [0.717, 1.165) is 22.4 Å². The highest BCUT2D eigenvalue weighted by Gasteiger charge is 2.06. The monoisotopic (exact) mass is 310 g/mol. The molecule has 23 heavy (non-hydrogen) atoms. The van der Waals surface area contributed by atoms with E-state index in [2.05, 4.69) is 17.4 Å². The number of methoxy groups -OCH3 is 1. The van der Waals surface area contributed by atoms with Gasteiger partial charge in [-0.15, -0.1) is 0 Å². The molecule has 0 aliphatic heterocycles. The maximum atomic E-state index is 12.1. The molecule has 120 valence electrons. The Hall–Kier alpha value is -2.75. The summed E-state index contributed by atoms with van der Waals surface area (Å²) < 4.78 is 5.11. The molecule has 1 amide bonds. The fraction of sp³-hybridized carbons (Fsp3) is 0.211. The summed E-state index contributed by atoms with van der Waals surface area (Å²) in [6.07, 6.45) is 3.23. The molecule has 0 aliphatic carbocycles. The van der Waals surface area contributed by atoms with Gasteiger partial charge in [0.25, 0.3) is 0 Å². The summed E-state index contributed by atoms with van der Waals surface area (Å²) in [6.45, 7) is 6.02. The number of carbonyl (C=O) groups is 1. The van der Waals surface area contributed by atoms with Crippen molar-refractivity contribution in [3.05, 3.63) is 58.7 Å². The van der Waals surface area contributed by atoms with Crippen LogP contribution in [0.4, 0.5) is 11.4 Å². The van der Waals surface area contributed by atoms with Crippen molar-refractivity contribution >= 4 is 23.4 Å². The smallest absolute Gasteiger partial charge is 0.248 e. The highest BCUT2D eigenvalue weighted by Crippen LogP contribution is 2.23. The first-order chi connectivity index (χ1) is 10.9. The molecular weight excluding hydrogens is 288 g/mol. The molecule has 0 aromatic heterocycles. The number of amides is 1. The second-order valence-electron chi connectivity index (χ2n) is 5.60. The summed E-state index contributed by atoms with van der Waals surface area (Å²) in [5.41, 5.74) is 11.4. The van der Waals surface area contributed by atoms with Crippen molar-refractivity contribution in [1.82, 2.24) is 0 Å². The van der Waals surface area contributed by atoms with Crippen LogP contribution in [0.15, 0.2) is 36.4 Å². The second kappa shape index (κ2) is 7.01. The zero-order valence-corrected chi connectivity index (χ0v) is 13.9. The van der Waals surface area contributed by atoms with Crippen molar-refractivity contribution in [2.75, 3.05) is 18.2 Å². The molecule has 2 aromatic carbocycles. The molecule has 4 nitrogen and oxygen atoms in total. The third kappa shape index (κ3) is 4.13. The number of nitrogen functional groups attached to an aromatic ring is 1. The van der Waals surface area contributed by atoms with Gasteiger partial charge in [0, 0.05) is 11.8 Å². The maximum absolute atomic E-state index is 12.1. The number of hydrogen-bond acceptors (Lipinski definition) is 3. The molecule has 0 heterocycles. The van der Waals surface area contributed by atoms with Gasteiger partial charge in [-0.1, -0.05) is 23.8 Å². The Bertz CT molecular complexity index is 741. The topological polar surface area (TPSA) is 64.3 Å². The summed E-state index contributed by atoms with van der Waals surface area (Å²) in [4.78, 5) is 12.1. The first-order valence-electron chi connectivity index (χ1n) is 7.41. The predicted octanol–water partition coefficient (Wildman–Crippen LogP) is 3.85. The maximum Gasteiger partial charge on any atom is 0.248 e. The minimum absolute atomic E-state index is 0.172. The van der Waals surface area contributed by atoms with Crippen LogP contribution in [0.5, 0.6) is 5.75 Å². The fourth-order valence-electron chi connectivity index (χ4n) is 2.57. The summed E-state index contributed by atoms with van der Waals surface area (Å²) in [5.74, 6) is 0.451. The SMILES string of the molecule is COc1ccc(/C=C/C(=O)Nc2c(C)cc(C)cc2C)cc1N. The van der Waals surface area contributed by atoms with Crippen LogP contribution in [0.1, 0.15) is 22.3 Å². The second-order valence-corrected chi connectivity index (χ2v) is 5.60. The molecule has 0 bridgehead atoms. The number of nitrogens with two attached hydrogens (primary N) is 1. The van der Waals surface area contributed by atoms with Gasteiger partial charge in [-0.3, -0.25) is 4.79 Å². The molecular formula is C19H22N2O2. The lowest BCUT2D eigenvalue weighted by molar-refractivity contribution is -0.111. The Morgan fingerprint density at radius 1 is 1.13 bits per heavy atom. The lowest BCUT2D eigenvalue weighted by Gasteiger charge is -2.11. The van der Waals surface area contributed by atoms with Crippen LogP contribution in [-0.4, -0.2) is 13.0 Å². The molecule has 3 N–H and O–H groups in total. The fourth-order valence-corrected chi connectivity index (χ4v) is 2.57. The van der Waals surface area contributed by atoms with E-state index in [-0.39, 0.29) is 5.91 Å². The number of hydrogen-bond donors (Lipinski definition) is 2. The molecule has 0 atom stereocenters. The Morgan fingerprint density at radius 3 is 2.35 bits per heavy atom. The average molecular weight is 310 g/mol. The largest absolute Gasteiger partial charge is 0.495 e. The summed E-state index contributed by atoms with van der Waals surface area (Å²) in [5, 5.41) is 2.93. The molecule has 0 fully saturated rings. The van der Waals surface area contributed by atoms with E-state index in [0.29, 0.717) is 11.4 Å². The lowest BCUT2D eigenvalue weighted by atomic mass is 10.1. The number of aryl methyl sites for hydroxylation is 3. The summed E-state index contributed by atoms with van der Waals surface area (Å²) in [7, 11) is 1.57. The quantitative estimate of drug-likeness (QED) is 0.666. The number of rotatable bonds is 4. The summed E-state index contributed by atoms with van der Waals surface area (Å²) in [6, 6.07) is 9.50. The molecule has 2 rings (SSSR count). The van der Waals surface area contributed by atoms with Crippen molar-refractivity contribution in [1.29, 1.82) is 0 Å². The first-order valence-corrected chi connectivity index (χ1v) is 7.41. The zero-order valence-electron chi connectivity index (χ0n) is 13.9. The van der Waals surface area contributed by atoms with Crippen molar-refractivity contribution < 1.29 is 9.53 Å². The van der Waals surface area contributed by atoms with Crippen LogP contribution >= 0.6 is 0 Å². The number of nitrogens with one attached hydrogen (secondary N) is 1. The number of benzene rings is 2. The predicted molar refractivity (Wildman–Crippen MR) is 95.7 cm³/mol. The molecule has 0 unspecified atom stereocenters. The number of anilines is 2. The number of carbonyl (C=O) groups excluding carboxylic acids is 1. The van der Waals surface area contributed by atoms with Gasteiger partial charge in [-0.05, 0) is 55.7 Å². The zero-order chi connectivity index (χ0) is 17.0. The Morgan fingerprint density at radius 2 is 1.78 bits per heavy atom. The molecule has 0 saturated carbocycles. The van der Waals surface area contributed by atoms with E-state index in [4.69, 9.17) is 10.5 Å². The first kappa shape index (κ1) is 16.6. The van der Waals surface area contributed by atoms with Crippen LogP contribution in [0.3, 0.4) is 0 Å². The molecule has 0 radical (unpaired) electrons. The minimum Gasteiger partial charge on any atom is -0.495 e. The normalized spacial score (nSPS) is 10.8. The van der Waals surface area contributed by atoms with Crippen LogP contribution in [0.25, 0.3) is 6.08 Å². The highest BCUT2D eigenvalue weighted by atomic mass is 16.5. The molecule has 2 aromatic rings. The van der Waals surface area contributed by atoms with E-state index < -0.39 is 0 Å². The Balaban J connectivity index is 2.12. The van der Waals surface area contributed by atoms with E-state index in [1.807, 2.05) is 26.8 Å². The van der Waals surface area contributed by atoms with Gasteiger partial charge in [0.1, 0.15) is 5.75 Å². The van der Waals surface area contributed by atoms with Gasteiger partial charge in [0.2, 0.25) is 5.91 Å². The van der Waals surface area contributed by atoms with E-state index in [1.54, 1.807) is 25.3 Å². The van der Waals surface area contributed by atoms with Crippen LogP contribution < -0.4 is 15.8 Å². The van der Waals surface area contributed by atoms with Crippen LogP contribution in [0.2, 0.25) is 0 Å². The molecule has 4 heteroatoms.